The number of benzene rings is 2. The minimum Gasteiger partial charge on any atom is -0.347 e. The van der Waals surface area contributed by atoms with Gasteiger partial charge in [0.2, 0.25) is 5.43 Å². The van der Waals surface area contributed by atoms with Crippen LogP contribution in [0.1, 0.15) is 17.3 Å². The number of aromatic nitrogens is 1. The number of nitro groups is 1. The maximum Gasteiger partial charge on any atom is 0.271 e. The normalized spacial score (nSPS) is 10.8. The number of halogens is 2. The SMILES string of the molecule is CCn1cc(C(=O)Nc2ccc([N+](=O)[O-])cc2Cl)c(=O)c2cc(F)ccc21. The molecule has 9 heteroatoms. The summed E-state index contributed by atoms with van der Waals surface area (Å²) in [6, 6.07) is 7.35. The molecule has 1 amide bonds. The number of amides is 1. The third-order valence-corrected chi connectivity index (χ3v) is 4.35. The number of nitrogens with zero attached hydrogens (tertiary/aromatic N) is 2. The molecular weight excluding hydrogens is 377 g/mol. The highest BCUT2D eigenvalue weighted by Gasteiger charge is 2.18. The molecule has 2 aromatic carbocycles. The number of carbonyl (C=O) groups excluding carboxylic acids is 1. The lowest BCUT2D eigenvalue weighted by Gasteiger charge is -2.12. The maximum absolute atomic E-state index is 13.6. The van der Waals surface area contributed by atoms with Crippen molar-refractivity contribution in [1.29, 1.82) is 0 Å². The molecule has 1 aromatic heterocycles. The van der Waals surface area contributed by atoms with Crippen LogP contribution < -0.4 is 10.7 Å². The number of fused-ring (bicyclic) bond motifs is 1. The van der Waals surface area contributed by atoms with E-state index < -0.39 is 22.1 Å². The van der Waals surface area contributed by atoms with Gasteiger partial charge in [-0.1, -0.05) is 11.6 Å². The number of rotatable bonds is 4. The first-order valence-corrected chi connectivity index (χ1v) is 8.27. The van der Waals surface area contributed by atoms with E-state index in [1.165, 1.54) is 30.5 Å². The number of nitrogens with one attached hydrogen (secondary N) is 1. The summed E-state index contributed by atoms with van der Waals surface area (Å²) in [7, 11) is 0. The van der Waals surface area contributed by atoms with E-state index >= 15 is 0 Å². The van der Waals surface area contributed by atoms with Crippen LogP contribution in [0.2, 0.25) is 5.02 Å². The van der Waals surface area contributed by atoms with E-state index in [9.17, 15) is 24.1 Å². The number of carbonyl (C=O) groups is 1. The largest absolute Gasteiger partial charge is 0.347 e. The Morgan fingerprint density at radius 2 is 2.04 bits per heavy atom. The molecule has 1 heterocycles. The lowest BCUT2D eigenvalue weighted by molar-refractivity contribution is -0.384. The lowest BCUT2D eigenvalue weighted by Crippen LogP contribution is -2.24. The highest BCUT2D eigenvalue weighted by molar-refractivity contribution is 6.34. The van der Waals surface area contributed by atoms with E-state index in [1.807, 2.05) is 6.92 Å². The van der Waals surface area contributed by atoms with Gasteiger partial charge in [0.05, 0.1) is 21.2 Å². The summed E-state index contributed by atoms with van der Waals surface area (Å²) in [5.41, 5.74) is -0.413. The van der Waals surface area contributed by atoms with Gasteiger partial charge in [0.15, 0.2) is 0 Å². The minimum absolute atomic E-state index is 0.0415. The number of aryl methyl sites for hydroxylation is 1. The van der Waals surface area contributed by atoms with E-state index in [0.29, 0.717) is 12.1 Å². The Bertz CT molecular complexity index is 1140. The van der Waals surface area contributed by atoms with Crippen molar-refractivity contribution in [3.8, 4) is 0 Å². The van der Waals surface area contributed by atoms with Crippen molar-refractivity contribution in [2.45, 2.75) is 13.5 Å². The number of anilines is 1. The third-order valence-electron chi connectivity index (χ3n) is 4.04. The van der Waals surface area contributed by atoms with Gasteiger partial charge >= 0.3 is 0 Å². The molecule has 0 saturated heterocycles. The van der Waals surface area contributed by atoms with Crippen molar-refractivity contribution in [3.63, 3.8) is 0 Å². The predicted molar refractivity (Wildman–Crippen MR) is 99.9 cm³/mol. The summed E-state index contributed by atoms with van der Waals surface area (Å²) in [5.74, 6) is -1.33. The van der Waals surface area contributed by atoms with Crippen LogP contribution in [0.3, 0.4) is 0 Å². The molecule has 3 rings (SSSR count). The van der Waals surface area contributed by atoms with Gasteiger partial charge in [-0.25, -0.2) is 4.39 Å². The molecule has 7 nitrogen and oxygen atoms in total. The van der Waals surface area contributed by atoms with Crippen molar-refractivity contribution < 1.29 is 14.1 Å². The highest BCUT2D eigenvalue weighted by Crippen LogP contribution is 2.27. The number of hydrogen-bond donors (Lipinski definition) is 1. The van der Waals surface area contributed by atoms with Crippen LogP contribution in [0.4, 0.5) is 15.8 Å². The topological polar surface area (TPSA) is 94.2 Å². The molecule has 0 aliphatic rings. The molecule has 0 spiro atoms. The molecule has 0 aliphatic carbocycles. The van der Waals surface area contributed by atoms with Crippen molar-refractivity contribution in [1.82, 2.24) is 4.57 Å². The van der Waals surface area contributed by atoms with Crippen LogP contribution in [0.25, 0.3) is 10.9 Å². The van der Waals surface area contributed by atoms with E-state index in [2.05, 4.69) is 5.32 Å². The number of pyridine rings is 1. The van der Waals surface area contributed by atoms with E-state index in [-0.39, 0.29) is 27.3 Å². The van der Waals surface area contributed by atoms with Crippen molar-refractivity contribution in [3.05, 3.63) is 79.3 Å². The van der Waals surface area contributed by atoms with E-state index in [4.69, 9.17) is 11.6 Å². The zero-order valence-electron chi connectivity index (χ0n) is 14.0. The second-order valence-electron chi connectivity index (χ2n) is 5.69. The molecule has 0 radical (unpaired) electrons. The summed E-state index contributed by atoms with van der Waals surface area (Å²) in [4.78, 5) is 35.4. The van der Waals surface area contributed by atoms with Crippen LogP contribution in [-0.2, 0) is 6.54 Å². The Morgan fingerprint density at radius 1 is 1.30 bits per heavy atom. The molecule has 0 unspecified atom stereocenters. The van der Waals surface area contributed by atoms with Crippen LogP contribution in [0.5, 0.6) is 0 Å². The predicted octanol–water partition coefficient (Wildman–Crippen LogP) is 3.97. The average Bonchev–Trinajstić information content (AvgIpc) is 2.63. The minimum atomic E-state index is -0.746. The smallest absolute Gasteiger partial charge is 0.271 e. The molecular formula is C18H13ClFN3O4. The Labute approximate surface area is 157 Å². The molecule has 0 bridgehead atoms. The third kappa shape index (κ3) is 3.52. The maximum atomic E-state index is 13.6. The fraction of sp³-hybridized carbons (Fsp3) is 0.111. The molecule has 0 fully saturated rings. The first kappa shape index (κ1) is 18.5. The van der Waals surface area contributed by atoms with Crippen molar-refractivity contribution in [2.24, 2.45) is 0 Å². The Morgan fingerprint density at radius 3 is 2.67 bits per heavy atom. The molecule has 0 aliphatic heterocycles. The number of hydrogen-bond acceptors (Lipinski definition) is 4. The molecule has 27 heavy (non-hydrogen) atoms. The van der Waals surface area contributed by atoms with Gasteiger partial charge in [0.25, 0.3) is 11.6 Å². The second-order valence-corrected chi connectivity index (χ2v) is 6.10. The average molecular weight is 390 g/mol. The van der Waals surface area contributed by atoms with Gasteiger partial charge in [-0.05, 0) is 31.2 Å². The summed E-state index contributed by atoms with van der Waals surface area (Å²) in [6.07, 6.45) is 1.39. The molecule has 0 saturated carbocycles. The molecule has 0 atom stereocenters. The van der Waals surface area contributed by atoms with Gasteiger partial charge in [0, 0.05) is 30.3 Å². The standard InChI is InChI=1S/C18H13ClFN3O4/c1-2-22-9-13(17(24)12-7-10(20)3-6-16(12)22)18(25)21-15-5-4-11(23(26)27)8-14(15)19/h3-9H,2H2,1H3,(H,21,25). The summed E-state index contributed by atoms with van der Waals surface area (Å²) in [6.45, 7) is 2.28. The molecule has 138 valence electrons. The van der Waals surface area contributed by atoms with Crippen LogP contribution in [-0.4, -0.2) is 15.4 Å². The zero-order valence-corrected chi connectivity index (χ0v) is 14.8. The van der Waals surface area contributed by atoms with Crippen LogP contribution in [0, 0.1) is 15.9 Å². The number of nitro benzene ring substituents is 1. The molecule has 3 aromatic rings. The first-order chi connectivity index (χ1) is 12.8. The van der Waals surface area contributed by atoms with E-state index in [0.717, 1.165) is 12.1 Å². The monoisotopic (exact) mass is 389 g/mol. The summed E-state index contributed by atoms with van der Waals surface area (Å²) < 4.78 is 15.2. The Balaban J connectivity index is 2.05. The first-order valence-electron chi connectivity index (χ1n) is 7.89. The van der Waals surface area contributed by atoms with Crippen molar-refractivity contribution >= 4 is 39.8 Å². The van der Waals surface area contributed by atoms with Gasteiger partial charge in [-0.3, -0.25) is 19.7 Å². The fourth-order valence-corrected chi connectivity index (χ4v) is 2.92. The summed E-state index contributed by atoms with van der Waals surface area (Å²) in [5, 5.41) is 13.3. The highest BCUT2D eigenvalue weighted by atomic mass is 35.5. The van der Waals surface area contributed by atoms with Crippen molar-refractivity contribution in [2.75, 3.05) is 5.32 Å². The zero-order chi connectivity index (χ0) is 19.7. The fourth-order valence-electron chi connectivity index (χ4n) is 2.70. The number of non-ortho nitro benzene ring substituents is 1. The van der Waals surface area contributed by atoms with E-state index in [1.54, 1.807) is 4.57 Å². The Hall–Kier alpha value is -3.26. The van der Waals surface area contributed by atoms with Crippen LogP contribution in [0.15, 0.2) is 47.4 Å². The van der Waals surface area contributed by atoms with Crippen LogP contribution >= 0.6 is 11.6 Å². The van der Waals surface area contributed by atoms with Gasteiger partial charge < -0.3 is 9.88 Å². The molecule has 1 N–H and O–H groups in total. The van der Waals surface area contributed by atoms with Gasteiger partial charge in [0.1, 0.15) is 11.4 Å². The summed E-state index contributed by atoms with van der Waals surface area (Å²) >= 11 is 5.97. The Kier molecular flexibility index (Phi) is 4.91. The quantitative estimate of drug-likeness (QED) is 0.539. The second kappa shape index (κ2) is 7.16. The van der Waals surface area contributed by atoms with Gasteiger partial charge in [-0.15, -0.1) is 0 Å². The lowest BCUT2D eigenvalue weighted by atomic mass is 10.1. The van der Waals surface area contributed by atoms with Gasteiger partial charge in [-0.2, -0.15) is 0 Å².